The third-order valence-electron chi connectivity index (χ3n) is 3.54. The van der Waals surface area contributed by atoms with Gasteiger partial charge in [0.2, 0.25) is 11.8 Å². The van der Waals surface area contributed by atoms with Gasteiger partial charge in [-0.2, -0.15) is 5.10 Å². The quantitative estimate of drug-likeness (QED) is 0.565. The lowest BCUT2D eigenvalue weighted by molar-refractivity contribution is -0.122. The molecule has 0 bridgehead atoms. The molecule has 26 heavy (non-hydrogen) atoms. The fourth-order valence-corrected chi connectivity index (χ4v) is 3.32. The van der Waals surface area contributed by atoms with Gasteiger partial charge in [0.25, 0.3) is 0 Å². The van der Waals surface area contributed by atoms with E-state index in [-0.39, 0.29) is 18.2 Å². The Bertz CT molecular complexity index is 714. The average molecular weight is 376 g/mol. The molecule has 1 saturated heterocycles. The van der Waals surface area contributed by atoms with Crippen LogP contribution in [-0.4, -0.2) is 35.1 Å². The Morgan fingerprint density at radius 2 is 2.04 bits per heavy atom. The number of benzene rings is 1. The standard InChI is InChI=1S/C18H24N4O3S/c1-11(2)9-12(3)21-22-18-20-17(24)15(26-18)10-16(23)19-13-5-7-14(25-4)8-6-13/h5-8,11,15H,9-10H2,1-4H3,(H,19,23)(H,20,22,24). The molecule has 1 heterocycles. The van der Waals surface area contributed by atoms with E-state index in [1.54, 1.807) is 31.4 Å². The van der Waals surface area contributed by atoms with Crippen molar-refractivity contribution in [1.29, 1.82) is 0 Å². The van der Waals surface area contributed by atoms with Crippen molar-refractivity contribution in [2.45, 2.75) is 38.9 Å². The van der Waals surface area contributed by atoms with Crippen LogP contribution < -0.4 is 15.4 Å². The summed E-state index contributed by atoms with van der Waals surface area (Å²) in [6.45, 7) is 6.12. The highest BCUT2D eigenvalue weighted by Gasteiger charge is 2.32. The van der Waals surface area contributed by atoms with Crippen LogP contribution in [0, 0.1) is 5.92 Å². The Balaban J connectivity index is 1.89. The van der Waals surface area contributed by atoms with E-state index in [9.17, 15) is 9.59 Å². The second-order valence-electron chi connectivity index (χ2n) is 6.41. The Morgan fingerprint density at radius 3 is 2.65 bits per heavy atom. The van der Waals surface area contributed by atoms with Crippen LogP contribution in [0.15, 0.2) is 34.5 Å². The van der Waals surface area contributed by atoms with Gasteiger partial charge in [0.1, 0.15) is 11.0 Å². The highest BCUT2D eigenvalue weighted by molar-refractivity contribution is 8.15. The number of hydrogen-bond donors (Lipinski definition) is 2. The molecule has 0 aliphatic carbocycles. The van der Waals surface area contributed by atoms with Crippen molar-refractivity contribution < 1.29 is 14.3 Å². The normalized spacial score (nSPS) is 19.0. The van der Waals surface area contributed by atoms with Gasteiger partial charge < -0.3 is 15.4 Å². The molecule has 7 nitrogen and oxygen atoms in total. The van der Waals surface area contributed by atoms with Gasteiger partial charge in [-0.05, 0) is 43.5 Å². The number of nitrogens with zero attached hydrogens (tertiary/aromatic N) is 2. The molecule has 1 aromatic rings. The molecule has 1 atom stereocenters. The monoisotopic (exact) mass is 376 g/mol. The molecule has 1 aliphatic heterocycles. The largest absolute Gasteiger partial charge is 0.497 e. The smallest absolute Gasteiger partial charge is 0.240 e. The first-order chi connectivity index (χ1) is 12.4. The molecule has 0 aromatic heterocycles. The summed E-state index contributed by atoms with van der Waals surface area (Å²) in [7, 11) is 1.58. The first-order valence-corrected chi connectivity index (χ1v) is 9.28. The number of nitrogens with one attached hydrogen (secondary N) is 2. The van der Waals surface area contributed by atoms with Crippen LogP contribution in [0.1, 0.15) is 33.6 Å². The SMILES string of the molecule is COc1ccc(NC(=O)CC2S/C(=N\N=C(C)CC(C)C)NC2=O)cc1. The lowest BCUT2D eigenvalue weighted by Crippen LogP contribution is -2.28. The number of thioether (sulfide) groups is 1. The summed E-state index contributed by atoms with van der Waals surface area (Å²) in [5.74, 6) is 0.751. The zero-order chi connectivity index (χ0) is 19.1. The summed E-state index contributed by atoms with van der Waals surface area (Å²) in [5, 5.41) is 13.6. The van der Waals surface area contributed by atoms with Crippen molar-refractivity contribution in [1.82, 2.24) is 5.32 Å². The first kappa shape index (κ1) is 20.0. The number of amides is 2. The van der Waals surface area contributed by atoms with Crippen LogP contribution >= 0.6 is 11.8 Å². The Morgan fingerprint density at radius 1 is 1.35 bits per heavy atom. The minimum absolute atomic E-state index is 0.0657. The van der Waals surface area contributed by atoms with E-state index >= 15 is 0 Å². The molecule has 0 radical (unpaired) electrons. The number of methoxy groups -OCH3 is 1. The fourth-order valence-electron chi connectivity index (χ4n) is 2.40. The van der Waals surface area contributed by atoms with Crippen LogP contribution in [-0.2, 0) is 9.59 Å². The van der Waals surface area contributed by atoms with E-state index in [2.05, 4.69) is 34.7 Å². The van der Waals surface area contributed by atoms with E-state index in [4.69, 9.17) is 4.74 Å². The number of anilines is 1. The van der Waals surface area contributed by atoms with Gasteiger partial charge in [-0.25, -0.2) is 0 Å². The van der Waals surface area contributed by atoms with E-state index in [1.165, 1.54) is 11.8 Å². The summed E-state index contributed by atoms with van der Waals surface area (Å²) in [6, 6.07) is 7.01. The second kappa shape index (κ2) is 9.38. The number of rotatable bonds is 7. The summed E-state index contributed by atoms with van der Waals surface area (Å²) in [5.41, 5.74) is 1.56. The number of hydrogen-bond acceptors (Lipinski definition) is 6. The molecule has 1 aliphatic rings. The van der Waals surface area contributed by atoms with Crippen molar-refractivity contribution in [2.24, 2.45) is 16.1 Å². The van der Waals surface area contributed by atoms with Crippen molar-refractivity contribution in [3.63, 3.8) is 0 Å². The van der Waals surface area contributed by atoms with Crippen molar-refractivity contribution >= 4 is 40.1 Å². The second-order valence-corrected chi connectivity index (χ2v) is 7.61. The minimum Gasteiger partial charge on any atom is -0.497 e. The van der Waals surface area contributed by atoms with Gasteiger partial charge in [-0.1, -0.05) is 25.6 Å². The molecule has 1 aromatic carbocycles. The molecule has 2 N–H and O–H groups in total. The van der Waals surface area contributed by atoms with Gasteiger partial charge in [-0.15, -0.1) is 5.10 Å². The molecule has 2 amide bonds. The predicted octanol–water partition coefficient (Wildman–Crippen LogP) is 3.03. The zero-order valence-electron chi connectivity index (χ0n) is 15.4. The molecule has 1 fully saturated rings. The van der Waals surface area contributed by atoms with Crippen molar-refractivity contribution in [3.05, 3.63) is 24.3 Å². The number of amidine groups is 1. The summed E-state index contributed by atoms with van der Waals surface area (Å²) in [4.78, 5) is 24.2. The Hall–Kier alpha value is -2.35. The van der Waals surface area contributed by atoms with E-state index in [0.717, 1.165) is 12.1 Å². The molecule has 8 heteroatoms. The highest BCUT2D eigenvalue weighted by atomic mass is 32.2. The number of carbonyl (C=O) groups is 2. The van der Waals surface area contributed by atoms with Gasteiger partial charge in [0.15, 0.2) is 5.17 Å². The highest BCUT2D eigenvalue weighted by Crippen LogP contribution is 2.23. The van der Waals surface area contributed by atoms with Crippen LogP contribution in [0.2, 0.25) is 0 Å². The van der Waals surface area contributed by atoms with Crippen molar-refractivity contribution in [2.75, 3.05) is 12.4 Å². The molecule has 0 spiro atoms. The zero-order valence-corrected chi connectivity index (χ0v) is 16.2. The van der Waals surface area contributed by atoms with Crippen molar-refractivity contribution in [3.8, 4) is 5.75 Å². The topological polar surface area (TPSA) is 92.2 Å². The summed E-state index contributed by atoms with van der Waals surface area (Å²) in [6.07, 6.45) is 0.916. The lowest BCUT2D eigenvalue weighted by Gasteiger charge is -2.08. The Labute approximate surface area is 157 Å². The maximum absolute atomic E-state index is 12.2. The van der Waals surface area contributed by atoms with Crippen LogP contribution in [0.25, 0.3) is 0 Å². The fraction of sp³-hybridized carbons (Fsp3) is 0.444. The predicted molar refractivity (Wildman–Crippen MR) is 106 cm³/mol. The third-order valence-corrected chi connectivity index (χ3v) is 4.61. The minimum atomic E-state index is -0.507. The lowest BCUT2D eigenvalue weighted by atomic mass is 10.1. The van der Waals surface area contributed by atoms with Gasteiger partial charge in [0, 0.05) is 17.8 Å². The molecule has 2 rings (SSSR count). The molecule has 1 unspecified atom stereocenters. The molecule has 0 saturated carbocycles. The molecular formula is C18H24N4O3S. The van der Waals surface area contributed by atoms with Crippen LogP contribution in [0.4, 0.5) is 5.69 Å². The number of ether oxygens (including phenoxy) is 1. The van der Waals surface area contributed by atoms with E-state index in [0.29, 0.717) is 22.5 Å². The first-order valence-electron chi connectivity index (χ1n) is 8.40. The maximum Gasteiger partial charge on any atom is 0.240 e. The molecular weight excluding hydrogens is 352 g/mol. The average Bonchev–Trinajstić information content (AvgIpc) is 2.93. The van der Waals surface area contributed by atoms with Gasteiger partial charge >= 0.3 is 0 Å². The summed E-state index contributed by atoms with van der Waals surface area (Å²) < 4.78 is 5.08. The van der Waals surface area contributed by atoms with Crippen LogP contribution in [0.3, 0.4) is 0 Å². The van der Waals surface area contributed by atoms with Crippen LogP contribution in [0.5, 0.6) is 5.75 Å². The van der Waals surface area contributed by atoms with Gasteiger partial charge in [0.05, 0.1) is 7.11 Å². The van der Waals surface area contributed by atoms with E-state index < -0.39 is 5.25 Å². The summed E-state index contributed by atoms with van der Waals surface area (Å²) >= 11 is 1.23. The number of carbonyl (C=O) groups excluding carboxylic acids is 2. The maximum atomic E-state index is 12.2. The van der Waals surface area contributed by atoms with Gasteiger partial charge in [-0.3, -0.25) is 9.59 Å². The molecule has 140 valence electrons. The Kier molecular flexibility index (Phi) is 7.20. The third kappa shape index (κ3) is 6.18. The van der Waals surface area contributed by atoms with E-state index in [1.807, 2.05) is 6.92 Å².